The molecule has 135 valence electrons. The van der Waals surface area contributed by atoms with Crippen LogP contribution in [0, 0.1) is 6.07 Å². The first-order chi connectivity index (χ1) is 13.2. The first-order valence-electron chi connectivity index (χ1n) is 8.80. The van der Waals surface area contributed by atoms with E-state index >= 15 is 0 Å². The van der Waals surface area contributed by atoms with Crippen molar-refractivity contribution in [2.45, 2.75) is 18.9 Å². The second-order valence-electron chi connectivity index (χ2n) is 6.28. The maximum absolute atomic E-state index is 11.8. The van der Waals surface area contributed by atoms with Gasteiger partial charge in [0.1, 0.15) is 17.3 Å². The number of rotatable bonds is 6. The van der Waals surface area contributed by atoms with Crippen LogP contribution in [0.25, 0.3) is 0 Å². The highest BCUT2D eigenvalue weighted by atomic mass is 16.5. The molecule has 1 aliphatic carbocycles. The minimum Gasteiger partial charge on any atom is -0.457 e. The summed E-state index contributed by atoms with van der Waals surface area (Å²) in [5.74, 6) is 2.01. The zero-order chi connectivity index (χ0) is 18.5. The van der Waals surface area contributed by atoms with Gasteiger partial charge in [0.15, 0.2) is 0 Å². The summed E-state index contributed by atoms with van der Waals surface area (Å²) in [5.41, 5.74) is 1.55. The van der Waals surface area contributed by atoms with Gasteiger partial charge in [-0.25, -0.2) is 9.78 Å². The molecular weight excluding hydrogens is 340 g/mol. The maximum atomic E-state index is 11.8. The van der Waals surface area contributed by atoms with Crippen LogP contribution in [-0.4, -0.2) is 17.1 Å². The van der Waals surface area contributed by atoms with Gasteiger partial charge in [0.2, 0.25) is 0 Å². The SMILES string of the molecule is O=C(Nc1ccc(Oc2ccnc(Nc3[c]cccc3)c2)cc1)NC1CC1. The van der Waals surface area contributed by atoms with Gasteiger partial charge >= 0.3 is 6.03 Å². The van der Waals surface area contributed by atoms with Crippen LogP contribution in [0.3, 0.4) is 0 Å². The zero-order valence-electron chi connectivity index (χ0n) is 14.6. The number of nitrogens with one attached hydrogen (secondary N) is 3. The Morgan fingerprint density at radius 1 is 1.07 bits per heavy atom. The third kappa shape index (κ3) is 4.98. The van der Waals surface area contributed by atoms with Gasteiger partial charge in [-0.05, 0) is 49.2 Å². The molecule has 0 aliphatic heterocycles. The molecular formula is C21H19N4O2. The van der Waals surface area contributed by atoms with Crippen molar-refractivity contribution in [2.24, 2.45) is 0 Å². The average Bonchev–Trinajstić information content (AvgIpc) is 3.48. The lowest BCUT2D eigenvalue weighted by Gasteiger charge is -2.10. The molecule has 2 aromatic carbocycles. The molecule has 0 atom stereocenters. The lowest BCUT2D eigenvalue weighted by Crippen LogP contribution is -2.30. The largest absolute Gasteiger partial charge is 0.457 e. The van der Waals surface area contributed by atoms with Crippen molar-refractivity contribution in [3.63, 3.8) is 0 Å². The molecule has 0 unspecified atom stereocenters. The summed E-state index contributed by atoms with van der Waals surface area (Å²) in [7, 11) is 0. The van der Waals surface area contributed by atoms with Crippen LogP contribution < -0.4 is 20.7 Å². The fourth-order valence-corrected chi connectivity index (χ4v) is 2.47. The van der Waals surface area contributed by atoms with E-state index in [1.54, 1.807) is 24.4 Å². The molecule has 3 N–H and O–H groups in total. The number of amides is 2. The molecule has 1 aliphatic rings. The molecule has 4 rings (SSSR count). The Balaban J connectivity index is 1.37. The normalized spacial score (nSPS) is 12.9. The van der Waals surface area contributed by atoms with E-state index in [0.717, 1.165) is 24.2 Å². The van der Waals surface area contributed by atoms with Gasteiger partial charge in [0.25, 0.3) is 0 Å². The number of para-hydroxylation sites is 1. The molecule has 6 heteroatoms. The van der Waals surface area contributed by atoms with E-state index in [0.29, 0.717) is 23.4 Å². The summed E-state index contributed by atoms with van der Waals surface area (Å²) in [4.78, 5) is 16.0. The summed E-state index contributed by atoms with van der Waals surface area (Å²) in [6.45, 7) is 0. The van der Waals surface area contributed by atoms with E-state index < -0.39 is 0 Å². The topological polar surface area (TPSA) is 75.3 Å². The third-order valence-corrected chi connectivity index (χ3v) is 3.96. The van der Waals surface area contributed by atoms with Crippen molar-refractivity contribution >= 4 is 23.2 Å². The number of carbonyl (C=O) groups is 1. The van der Waals surface area contributed by atoms with Crippen molar-refractivity contribution in [1.82, 2.24) is 10.3 Å². The predicted octanol–water partition coefficient (Wildman–Crippen LogP) is 4.70. The molecule has 1 aromatic heterocycles. The monoisotopic (exact) mass is 359 g/mol. The molecule has 0 saturated heterocycles. The molecule has 6 nitrogen and oxygen atoms in total. The van der Waals surface area contributed by atoms with Crippen LogP contribution >= 0.6 is 0 Å². The Morgan fingerprint density at radius 3 is 2.67 bits per heavy atom. The van der Waals surface area contributed by atoms with E-state index in [2.05, 4.69) is 27.0 Å². The predicted molar refractivity (Wildman–Crippen MR) is 104 cm³/mol. The smallest absolute Gasteiger partial charge is 0.319 e. The quantitative estimate of drug-likeness (QED) is 0.596. The number of benzene rings is 2. The van der Waals surface area contributed by atoms with Gasteiger partial charge in [0.05, 0.1) is 0 Å². The summed E-state index contributed by atoms with van der Waals surface area (Å²) in [6.07, 6.45) is 3.80. The molecule has 0 spiro atoms. The van der Waals surface area contributed by atoms with Crippen molar-refractivity contribution in [2.75, 3.05) is 10.6 Å². The van der Waals surface area contributed by atoms with Crippen LogP contribution in [0.15, 0.2) is 66.9 Å². The fraction of sp³-hybridized carbons (Fsp3) is 0.143. The number of hydrogen-bond acceptors (Lipinski definition) is 4. The second kappa shape index (κ2) is 7.78. The minimum atomic E-state index is -0.172. The van der Waals surface area contributed by atoms with Crippen LogP contribution in [0.1, 0.15) is 12.8 Å². The molecule has 2 amide bonds. The number of anilines is 3. The number of ether oxygens (including phenoxy) is 1. The van der Waals surface area contributed by atoms with Crippen LogP contribution in [0.5, 0.6) is 11.5 Å². The average molecular weight is 359 g/mol. The highest BCUT2D eigenvalue weighted by Crippen LogP contribution is 2.25. The number of urea groups is 1. The lowest BCUT2D eigenvalue weighted by molar-refractivity contribution is 0.251. The summed E-state index contributed by atoms with van der Waals surface area (Å²) in [6, 6.07) is 21.7. The standard InChI is InChI=1S/C21H19N4O2/c26-21(24-16-6-7-16)25-17-8-10-18(11-9-17)27-19-12-13-22-20(14-19)23-15-4-2-1-3-5-15/h1-4,8-14,16H,6-7H2,(H,22,23)(H2,24,25,26). The zero-order valence-corrected chi connectivity index (χ0v) is 14.6. The fourth-order valence-electron chi connectivity index (χ4n) is 2.47. The molecule has 1 fully saturated rings. The first-order valence-corrected chi connectivity index (χ1v) is 8.80. The maximum Gasteiger partial charge on any atom is 0.319 e. The molecule has 0 bridgehead atoms. The highest BCUT2D eigenvalue weighted by Gasteiger charge is 2.23. The Labute approximate surface area is 157 Å². The molecule has 27 heavy (non-hydrogen) atoms. The Hall–Kier alpha value is -3.54. The Bertz CT molecular complexity index is 909. The summed E-state index contributed by atoms with van der Waals surface area (Å²) >= 11 is 0. The molecule has 1 saturated carbocycles. The molecule has 3 aromatic rings. The van der Waals surface area contributed by atoms with Gasteiger partial charge in [-0.1, -0.05) is 18.2 Å². The summed E-state index contributed by atoms with van der Waals surface area (Å²) < 4.78 is 5.87. The Morgan fingerprint density at radius 2 is 1.93 bits per heavy atom. The molecule has 1 heterocycles. The van der Waals surface area contributed by atoms with E-state index in [1.165, 1.54) is 0 Å². The van der Waals surface area contributed by atoms with Crippen LogP contribution in [-0.2, 0) is 0 Å². The van der Waals surface area contributed by atoms with Crippen molar-refractivity contribution < 1.29 is 9.53 Å². The van der Waals surface area contributed by atoms with E-state index in [9.17, 15) is 4.79 Å². The van der Waals surface area contributed by atoms with Gasteiger partial charge in [0, 0.05) is 35.7 Å². The number of nitrogens with zero attached hydrogens (tertiary/aromatic N) is 1. The van der Waals surface area contributed by atoms with Crippen LogP contribution in [0.2, 0.25) is 0 Å². The van der Waals surface area contributed by atoms with Crippen LogP contribution in [0.4, 0.5) is 22.0 Å². The third-order valence-electron chi connectivity index (χ3n) is 3.96. The van der Waals surface area contributed by atoms with Crippen molar-refractivity contribution in [3.8, 4) is 11.5 Å². The number of hydrogen-bond donors (Lipinski definition) is 3. The number of carbonyl (C=O) groups excluding carboxylic acids is 1. The minimum absolute atomic E-state index is 0.172. The van der Waals surface area contributed by atoms with Crippen molar-refractivity contribution in [1.29, 1.82) is 0 Å². The molecule has 1 radical (unpaired) electrons. The van der Waals surface area contributed by atoms with E-state index in [-0.39, 0.29) is 6.03 Å². The highest BCUT2D eigenvalue weighted by molar-refractivity contribution is 5.89. The lowest BCUT2D eigenvalue weighted by atomic mass is 10.3. The number of pyridine rings is 1. The van der Waals surface area contributed by atoms with Gasteiger partial charge in [-0.3, -0.25) is 0 Å². The number of aromatic nitrogens is 1. The van der Waals surface area contributed by atoms with Gasteiger partial charge < -0.3 is 20.7 Å². The summed E-state index contributed by atoms with van der Waals surface area (Å²) in [5, 5.41) is 8.88. The van der Waals surface area contributed by atoms with E-state index in [1.807, 2.05) is 42.5 Å². The van der Waals surface area contributed by atoms with Gasteiger partial charge in [-0.2, -0.15) is 0 Å². The van der Waals surface area contributed by atoms with E-state index in [4.69, 9.17) is 4.74 Å². The van der Waals surface area contributed by atoms with Gasteiger partial charge in [-0.15, -0.1) is 0 Å². The Kier molecular flexibility index (Phi) is 4.87. The second-order valence-corrected chi connectivity index (χ2v) is 6.28. The first kappa shape index (κ1) is 16.9. The van der Waals surface area contributed by atoms with Crippen molar-refractivity contribution in [3.05, 3.63) is 72.9 Å².